The Morgan fingerprint density at radius 3 is 2.36 bits per heavy atom. The van der Waals surface area contributed by atoms with Gasteiger partial charge in [0, 0.05) is 11.9 Å². The van der Waals surface area contributed by atoms with Gasteiger partial charge in [0.25, 0.3) is 0 Å². The van der Waals surface area contributed by atoms with Gasteiger partial charge in [0.2, 0.25) is 0 Å². The maximum absolute atomic E-state index is 8.79. The smallest absolute Gasteiger partial charge is 0.140 e. The standard InChI is InChI=1S/C6H9BCl2O2/c1-3-4(2-10)11-5(7)6(3,8)9/h3-5,10H,2H2,1H3/t3-,4-,5-/m1/s1. The number of hydrogen-bond donors (Lipinski definition) is 1. The maximum atomic E-state index is 8.79. The summed E-state index contributed by atoms with van der Waals surface area (Å²) in [5.74, 6) is -0.147. The van der Waals surface area contributed by atoms with E-state index in [1.54, 1.807) is 6.92 Å². The van der Waals surface area contributed by atoms with Crippen molar-refractivity contribution in [3.8, 4) is 0 Å². The molecule has 0 aliphatic carbocycles. The minimum atomic E-state index is -1.08. The Morgan fingerprint density at radius 2 is 2.18 bits per heavy atom. The van der Waals surface area contributed by atoms with E-state index in [-0.39, 0.29) is 18.6 Å². The number of halogens is 2. The molecule has 2 radical (unpaired) electrons. The van der Waals surface area contributed by atoms with Gasteiger partial charge in [-0.1, -0.05) is 30.1 Å². The van der Waals surface area contributed by atoms with Gasteiger partial charge in [-0.25, -0.2) is 0 Å². The molecule has 0 unspecified atom stereocenters. The topological polar surface area (TPSA) is 29.5 Å². The highest BCUT2D eigenvalue weighted by molar-refractivity contribution is 6.51. The second-order valence-corrected chi connectivity index (χ2v) is 4.19. The van der Waals surface area contributed by atoms with E-state index < -0.39 is 10.3 Å². The third-order valence-corrected chi connectivity index (χ3v) is 3.16. The van der Waals surface area contributed by atoms with E-state index in [1.807, 2.05) is 0 Å². The lowest BCUT2D eigenvalue weighted by molar-refractivity contribution is 0.0292. The molecule has 2 nitrogen and oxygen atoms in total. The number of aliphatic hydroxyl groups is 1. The molecule has 1 heterocycles. The Hall–Kier alpha value is 0.565. The van der Waals surface area contributed by atoms with Crippen LogP contribution in [0.5, 0.6) is 0 Å². The Labute approximate surface area is 77.2 Å². The lowest BCUT2D eigenvalue weighted by atomic mass is 9.91. The molecule has 0 aromatic rings. The first-order valence-corrected chi connectivity index (χ1v) is 4.15. The van der Waals surface area contributed by atoms with E-state index in [1.165, 1.54) is 0 Å². The summed E-state index contributed by atoms with van der Waals surface area (Å²) in [6, 6.07) is -0.710. The van der Waals surface area contributed by atoms with Gasteiger partial charge in [0.1, 0.15) is 12.2 Å². The number of hydrogen-bond acceptors (Lipinski definition) is 2. The summed E-state index contributed by atoms with van der Waals surface area (Å²) in [7, 11) is 5.47. The quantitative estimate of drug-likeness (QED) is 0.492. The van der Waals surface area contributed by atoms with Crippen LogP contribution >= 0.6 is 23.2 Å². The van der Waals surface area contributed by atoms with E-state index in [0.717, 1.165) is 0 Å². The van der Waals surface area contributed by atoms with Crippen LogP contribution in [0.3, 0.4) is 0 Å². The zero-order chi connectivity index (χ0) is 8.65. The minimum absolute atomic E-state index is 0.101. The molecule has 0 bridgehead atoms. The van der Waals surface area contributed by atoms with Crippen LogP contribution < -0.4 is 0 Å². The molecule has 0 saturated carbocycles. The molecular formula is C6H9BCl2O2. The van der Waals surface area contributed by atoms with Crippen LogP contribution in [0.1, 0.15) is 6.92 Å². The predicted molar refractivity (Wildman–Crippen MR) is 45.1 cm³/mol. The molecular weight excluding hydrogens is 186 g/mol. The summed E-state index contributed by atoms with van der Waals surface area (Å²) in [5.41, 5.74) is 0. The van der Waals surface area contributed by atoms with Crippen molar-refractivity contribution in [1.29, 1.82) is 0 Å². The van der Waals surface area contributed by atoms with Gasteiger partial charge in [-0.15, -0.1) is 0 Å². The van der Waals surface area contributed by atoms with Crippen LogP contribution in [0.15, 0.2) is 0 Å². The fourth-order valence-electron chi connectivity index (χ4n) is 1.10. The summed E-state index contributed by atoms with van der Waals surface area (Å²) >= 11 is 11.7. The van der Waals surface area contributed by atoms with E-state index in [4.69, 9.17) is 40.9 Å². The lowest BCUT2D eigenvalue weighted by Gasteiger charge is -2.21. The SMILES string of the molecule is [B][C@@H]1O[C@H](CO)[C@@H](C)C1(Cl)Cl. The van der Waals surface area contributed by atoms with Crippen molar-refractivity contribution in [2.24, 2.45) is 5.92 Å². The monoisotopic (exact) mass is 194 g/mol. The molecule has 11 heavy (non-hydrogen) atoms. The summed E-state index contributed by atoms with van der Waals surface area (Å²) in [6.45, 7) is 1.70. The summed E-state index contributed by atoms with van der Waals surface area (Å²) < 4.78 is 4.03. The molecule has 0 aromatic heterocycles. The van der Waals surface area contributed by atoms with Crippen molar-refractivity contribution in [1.82, 2.24) is 0 Å². The van der Waals surface area contributed by atoms with Gasteiger partial charge in [-0.3, -0.25) is 0 Å². The zero-order valence-electron chi connectivity index (χ0n) is 6.13. The second kappa shape index (κ2) is 3.13. The highest BCUT2D eigenvalue weighted by atomic mass is 35.5. The van der Waals surface area contributed by atoms with E-state index in [9.17, 15) is 0 Å². The largest absolute Gasteiger partial charge is 0.394 e. The minimum Gasteiger partial charge on any atom is -0.394 e. The molecule has 1 N–H and O–H groups in total. The van der Waals surface area contributed by atoms with Crippen molar-refractivity contribution in [3.05, 3.63) is 0 Å². The van der Waals surface area contributed by atoms with Crippen LogP contribution in [-0.4, -0.2) is 36.0 Å². The number of rotatable bonds is 1. The Kier molecular flexibility index (Phi) is 2.75. The van der Waals surface area contributed by atoms with Gasteiger partial charge in [0.05, 0.1) is 12.7 Å². The van der Waals surface area contributed by atoms with Crippen LogP contribution in [0.25, 0.3) is 0 Å². The highest BCUT2D eigenvalue weighted by Gasteiger charge is 2.49. The fourth-order valence-corrected chi connectivity index (χ4v) is 1.49. The third kappa shape index (κ3) is 1.52. The fraction of sp³-hybridized carbons (Fsp3) is 1.00. The van der Waals surface area contributed by atoms with Gasteiger partial charge < -0.3 is 9.84 Å². The van der Waals surface area contributed by atoms with Gasteiger partial charge >= 0.3 is 0 Å². The van der Waals surface area contributed by atoms with Gasteiger partial charge in [0.15, 0.2) is 0 Å². The van der Waals surface area contributed by atoms with Crippen LogP contribution in [0.2, 0.25) is 0 Å². The van der Waals surface area contributed by atoms with E-state index >= 15 is 0 Å². The highest BCUT2D eigenvalue weighted by Crippen LogP contribution is 2.43. The number of alkyl halides is 2. The average Bonchev–Trinajstić information content (AvgIpc) is 2.14. The Balaban J connectivity index is 2.71. The molecule has 5 heteroatoms. The molecule has 0 amide bonds. The summed E-state index contributed by atoms with van der Waals surface area (Å²) in [6.07, 6.45) is -0.347. The van der Waals surface area contributed by atoms with Crippen molar-refractivity contribution >= 4 is 31.0 Å². The lowest BCUT2D eigenvalue weighted by Crippen LogP contribution is -2.32. The van der Waals surface area contributed by atoms with Crippen LogP contribution in [0.4, 0.5) is 0 Å². The van der Waals surface area contributed by atoms with Gasteiger partial charge in [-0.05, 0) is 0 Å². The van der Waals surface area contributed by atoms with E-state index in [2.05, 4.69) is 0 Å². The third-order valence-electron chi connectivity index (χ3n) is 2.05. The normalized spacial score (nSPS) is 42.7. The Bertz CT molecular complexity index is 154. The predicted octanol–water partition coefficient (Wildman–Crippen LogP) is 0.682. The van der Waals surface area contributed by atoms with Gasteiger partial charge in [-0.2, -0.15) is 0 Å². The van der Waals surface area contributed by atoms with Crippen molar-refractivity contribution in [3.63, 3.8) is 0 Å². The molecule has 1 aliphatic rings. The average molecular weight is 195 g/mol. The molecule has 1 aliphatic heterocycles. The second-order valence-electron chi connectivity index (χ2n) is 2.74. The van der Waals surface area contributed by atoms with Crippen LogP contribution in [-0.2, 0) is 4.74 Å². The maximum Gasteiger partial charge on any atom is 0.140 e. The Morgan fingerprint density at radius 1 is 1.64 bits per heavy atom. The van der Waals surface area contributed by atoms with Crippen molar-refractivity contribution in [2.75, 3.05) is 6.61 Å². The zero-order valence-corrected chi connectivity index (χ0v) is 7.64. The summed E-state index contributed by atoms with van der Waals surface area (Å²) in [5, 5.41) is 8.79. The van der Waals surface area contributed by atoms with Crippen molar-refractivity contribution < 1.29 is 9.84 Å². The van der Waals surface area contributed by atoms with Crippen LogP contribution in [0, 0.1) is 5.92 Å². The molecule has 3 atom stereocenters. The molecule has 0 aromatic carbocycles. The molecule has 1 rings (SSSR count). The number of ether oxygens (including phenoxy) is 1. The van der Waals surface area contributed by atoms with Crippen molar-refractivity contribution in [2.45, 2.75) is 23.4 Å². The molecule has 1 fully saturated rings. The molecule has 1 saturated heterocycles. The van der Waals surface area contributed by atoms with E-state index in [0.29, 0.717) is 0 Å². The first-order valence-electron chi connectivity index (χ1n) is 3.40. The number of aliphatic hydroxyl groups excluding tert-OH is 1. The molecule has 0 spiro atoms. The first-order chi connectivity index (χ1) is 5.00. The first kappa shape index (κ1) is 9.65. The molecule has 62 valence electrons. The summed E-state index contributed by atoms with van der Waals surface area (Å²) in [4.78, 5) is 0.